The number of aromatic hydroxyl groups is 1. The predicted octanol–water partition coefficient (Wildman–Crippen LogP) is 6.28. The van der Waals surface area contributed by atoms with Crippen LogP contribution in [0.1, 0.15) is 22.3 Å². The quantitative estimate of drug-likeness (QED) is 0.353. The van der Waals surface area contributed by atoms with E-state index in [-0.39, 0.29) is 18.0 Å². The molecule has 1 aromatic heterocycles. The van der Waals surface area contributed by atoms with Gasteiger partial charge in [0.1, 0.15) is 22.9 Å². The lowest BCUT2D eigenvalue weighted by atomic mass is 10.0. The van der Waals surface area contributed by atoms with E-state index in [1.54, 1.807) is 36.4 Å². The lowest BCUT2D eigenvalue weighted by Crippen LogP contribution is -2.29. The molecule has 0 saturated heterocycles. The minimum absolute atomic E-state index is 0.0639. The van der Waals surface area contributed by atoms with E-state index in [2.05, 4.69) is 0 Å². The second-order valence-corrected chi connectivity index (χ2v) is 8.30. The van der Waals surface area contributed by atoms with Gasteiger partial charge in [-0.1, -0.05) is 23.8 Å². The number of rotatable bonds is 5. The van der Waals surface area contributed by atoms with Crippen LogP contribution < -0.4 is 16.0 Å². The van der Waals surface area contributed by atoms with Gasteiger partial charge >= 0.3 is 6.18 Å². The molecule has 4 aromatic rings. The molecule has 0 aliphatic rings. The van der Waals surface area contributed by atoms with E-state index >= 15 is 0 Å². The molecule has 35 heavy (non-hydrogen) atoms. The average molecular weight is 480 g/mol. The molecule has 0 unspecified atom stereocenters. The van der Waals surface area contributed by atoms with Crippen LogP contribution in [0.4, 0.5) is 18.9 Å². The Bertz CT molecular complexity index is 1420. The standard InChI is InChI=1S/C27H23F3N2O3/c1-16-3-4-19(17(2)13-16)15-32-24(14-23(27(28,29)30)25(31)26(32)34)18-5-9-21(10-6-18)35-22-11-7-20(33)8-12-22/h3-14,33H,15,31H2,1-2H3. The number of nitrogens with zero attached hydrogens (tertiary/aromatic N) is 1. The number of aromatic nitrogens is 1. The molecule has 0 aliphatic heterocycles. The van der Waals surface area contributed by atoms with Crippen molar-refractivity contribution in [2.24, 2.45) is 0 Å². The first-order valence-corrected chi connectivity index (χ1v) is 10.8. The van der Waals surface area contributed by atoms with Gasteiger partial charge in [-0.05, 0) is 85.1 Å². The minimum atomic E-state index is -4.78. The lowest BCUT2D eigenvalue weighted by Gasteiger charge is -2.19. The Labute approximate surface area is 199 Å². The molecule has 180 valence electrons. The first kappa shape index (κ1) is 23.9. The summed E-state index contributed by atoms with van der Waals surface area (Å²) in [5, 5.41) is 9.40. The summed E-state index contributed by atoms with van der Waals surface area (Å²) in [6.07, 6.45) is -4.78. The van der Waals surface area contributed by atoms with E-state index < -0.39 is 23.0 Å². The van der Waals surface area contributed by atoms with Crippen LogP contribution in [0, 0.1) is 13.8 Å². The molecule has 0 saturated carbocycles. The summed E-state index contributed by atoms with van der Waals surface area (Å²) in [5.41, 5.74) is 5.99. The fourth-order valence-corrected chi connectivity index (χ4v) is 3.83. The first-order chi connectivity index (χ1) is 16.5. The molecule has 0 bridgehead atoms. The van der Waals surface area contributed by atoms with Crippen LogP contribution in [0.5, 0.6) is 17.2 Å². The van der Waals surface area contributed by atoms with Crippen molar-refractivity contribution in [2.45, 2.75) is 26.6 Å². The summed E-state index contributed by atoms with van der Waals surface area (Å²) in [6, 6.07) is 19.1. The number of phenols is 1. The average Bonchev–Trinajstić information content (AvgIpc) is 2.80. The summed E-state index contributed by atoms with van der Waals surface area (Å²) < 4.78 is 48.0. The van der Waals surface area contributed by atoms with Gasteiger partial charge in [-0.15, -0.1) is 0 Å². The Kier molecular flexibility index (Phi) is 6.30. The van der Waals surface area contributed by atoms with Crippen molar-refractivity contribution in [1.29, 1.82) is 0 Å². The molecular formula is C27H23F3N2O3. The number of hydrogen-bond donors (Lipinski definition) is 2. The van der Waals surface area contributed by atoms with Crippen molar-refractivity contribution in [3.05, 3.63) is 105 Å². The number of aryl methyl sites for hydroxylation is 2. The van der Waals surface area contributed by atoms with Crippen LogP contribution >= 0.6 is 0 Å². The highest BCUT2D eigenvalue weighted by atomic mass is 19.4. The zero-order valence-corrected chi connectivity index (χ0v) is 19.1. The Morgan fingerprint density at radius 2 is 1.51 bits per heavy atom. The van der Waals surface area contributed by atoms with E-state index in [9.17, 15) is 23.1 Å². The highest BCUT2D eigenvalue weighted by Gasteiger charge is 2.35. The number of hydrogen-bond acceptors (Lipinski definition) is 4. The summed E-state index contributed by atoms with van der Waals surface area (Å²) in [4.78, 5) is 13.0. The largest absolute Gasteiger partial charge is 0.508 e. The van der Waals surface area contributed by atoms with Gasteiger partial charge in [0.05, 0.1) is 17.8 Å². The first-order valence-electron chi connectivity index (χ1n) is 10.8. The summed E-state index contributed by atoms with van der Waals surface area (Å²) in [6.45, 7) is 3.89. The van der Waals surface area contributed by atoms with Crippen molar-refractivity contribution in [2.75, 3.05) is 5.73 Å². The molecule has 0 aliphatic carbocycles. The number of phenolic OH excluding ortho intramolecular Hbond substituents is 1. The van der Waals surface area contributed by atoms with Gasteiger partial charge in [-0.2, -0.15) is 13.2 Å². The molecule has 1 heterocycles. The summed E-state index contributed by atoms with van der Waals surface area (Å²) >= 11 is 0. The molecule has 8 heteroatoms. The molecule has 5 nitrogen and oxygen atoms in total. The second kappa shape index (κ2) is 9.21. The monoisotopic (exact) mass is 480 g/mol. The topological polar surface area (TPSA) is 77.5 Å². The number of nitrogens with two attached hydrogens (primary N) is 1. The number of alkyl halides is 3. The van der Waals surface area contributed by atoms with Crippen molar-refractivity contribution < 1.29 is 23.0 Å². The van der Waals surface area contributed by atoms with Gasteiger partial charge in [-0.3, -0.25) is 4.79 Å². The van der Waals surface area contributed by atoms with Crippen molar-refractivity contribution in [3.8, 4) is 28.5 Å². The van der Waals surface area contributed by atoms with Crippen LogP contribution in [0.2, 0.25) is 0 Å². The Hall–Kier alpha value is -4.20. The van der Waals surface area contributed by atoms with E-state index in [4.69, 9.17) is 10.5 Å². The summed E-state index contributed by atoms with van der Waals surface area (Å²) in [5.74, 6) is 1.02. The smallest absolute Gasteiger partial charge is 0.418 e. The number of nitrogen functional groups attached to an aromatic ring is 1. The molecule has 3 aromatic carbocycles. The van der Waals surface area contributed by atoms with E-state index in [1.807, 2.05) is 32.0 Å². The number of pyridine rings is 1. The molecule has 0 radical (unpaired) electrons. The predicted molar refractivity (Wildman–Crippen MR) is 129 cm³/mol. The minimum Gasteiger partial charge on any atom is -0.508 e. The maximum atomic E-state index is 13.7. The van der Waals surface area contributed by atoms with Gasteiger partial charge in [0.15, 0.2) is 0 Å². The normalized spacial score (nSPS) is 11.5. The molecule has 0 spiro atoms. The van der Waals surface area contributed by atoms with Crippen LogP contribution in [-0.2, 0) is 12.7 Å². The third-order valence-corrected chi connectivity index (χ3v) is 5.69. The number of benzene rings is 3. The summed E-state index contributed by atoms with van der Waals surface area (Å²) in [7, 11) is 0. The van der Waals surface area contributed by atoms with Crippen molar-refractivity contribution in [3.63, 3.8) is 0 Å². The Morgan fingerprint density at radius 1 is 0.914 bits per heavy atom. The highest BCUT2D eigenvalue weighted by molar-refractivity contribution is 5.65. The molecule has 0 amide bonds. The third kappa shape index (κ3) is 5.16. The van der Waals surface area contributed by atoms with Crippen LogP contribution in [-0.4, -0.2) is 9.67 Å². The highest BCUT2D eigenvalue weighted by Crippen LogP contribution is 2.35. The maximum absolute atomic E-state index is 13.7. The number of anilines is 1. The van der Waals surface area contributed by atoms with Gasteiger partial charge in [-0.25, -0.2) is 0 Å². The maximum Gasteiger partial charge on any atom is 0.418 e. The number of ether oxygens (including phenoxy) is 1. The number of halogens is 3. The molecule has 0 atom stereocenters. The van der Waals surface area contributed by atoms with Gasteiger partial charge in [0, 0.05) is 0 Å². The van der Waals surface area contributed by atoms with Gasteiger partial charge < -0.3 is 20.1 Å². The van der Waals surface area contributed by atoms with E-state index in [0.717, 1.165) is 22.8 Å². The Morgan fingerprint density at radius 3 is 2.09 bits per heavy atom. The SMILES string of the molecule is Cc1ccc(Cn2c(-c3ccc(Oc4ccc(O)cc4)cc3)cc(C(F)(F)F)c(N)c2=O)c(C)c1. The van der Waals surface area contributed by atoms with Crippen LogP contribution in [0.3, 0.4) is 0 Å². The van der Waals surface area contributed by atoms with E-state index in [0.29, 0.717) is 17.1 Å². The van der Waals surface area contributed by atoms with Gasteiger partial charge in [0.25, 0.3) is 5.56 Å². The Balaban J connectivity index is 1.79. The third-order valence-electron chi connectivity index (χ3n) is 5.69. The zero-order chi connectivity index (χ0) is 25.3. The molecule has 4 rings (SSSR count). The zero-order valence-electron chi connectivity index (χ0n) is 19.1. The molecular weight excluding hydrogens is 457 g/mol. The second-order valence-electron chi connectivity index (χ2n) is 8.30. The fourth-order valence-electron chi connectivity index (χ4n) is 3.83. The van der Waals surface area contributed by atoms with Gasteiger partial charge in [0.2, 0.25) is 0 Å². The van der Waals surface area contributed by atoms with E-state index in [1.165, 1.54) is 16.7 Å². The van der Waals surface area contributed by atoms with Crippen molar-refractivity contribution in [1.82, 2.24) is 4.57 Å². The fraction of sp³-hybridized carbons (Fsp3) is 0.148. The lowest BCUT2D eigenvalue weighted by molar-refractivity contribution is -0.137. The molecule has 3 N–H and O–H groups in total. The van der Waals surface area contributed by atoms with Crippen LogP contribution in [0.15, 0.2) is 77.6 Å². The van der Waals surface area contributed by atoms with Crippen molar-refractivity contribution >= 4 is 5.69 Å². The molecule has 0 fully saturated rings. The van der Waals surface area contributed by atoms with Crippen LogP contribution in [0.25, 0.3) is 11.3 Å².